The molecule has 26 heavy (non-hydrogen) atoms. The molecule has 3 rings (SSSR count). The van der Waals surface area contributed by atoms with Crippen molar-refractivity contribution in [3.05, 3.63) is 62.6 Å². The standard InChI is InChI=1S/C17H17BrN2O5S/c1-26(23,24)17-10-14(20(21)22)6-7-15(17)19-8-9-25-16(11-19)12-2-4-13(18)5-3-12/h2-7,10,16H,8-9,11H2,1H3. The van der Waals surface area contributed by atoms with Crippen molar-refractivity contribution in [2.45, 2.75) is 11.0 Å². The first-order valence-electron chi connectivity index (χ1n) is 7.86. The van der Waals surface area contributed by atoms with Crippen molar-refractivity contribution in [3.63, 3.8) is 0 Å². The summed E-state index contributed by atoms with van der Waals surface area (Å²) in [7, 11) is -3.62. The van der Waals surface area contributed by atoms with Crippen LogP contribution in [0.3, 0.4) is 0 Å². The van der Waals surface area contributed by atoms with Crippen LogP contribution in [0.25, 0.3) is 0 Å². The molecule has 0 aromatic heterocycles. The second-order valence-corrected chi connectivity index (χ2v) is 8.94. The van der Waals surface area contributed by atoms with E-state index in [9.17, 15) is 18.5 Å². The van der Waals surface area contributed by atoms with Gasteiger partial charge < -0.3 is 9.64 Å². The fourth-order valence-electron chi connectivity index (χ4n) is 2.92. The molecule has 0 saturated carbocycles. The Bertz CT molecular complexity index is 931. The minimum atomic E-state index is -3.62. The van der Waals surface area contributed by atoms with Crippen molar-refractivity contribution < 1.29 is 18.1 Å². The van der Waals surface area contributed by atoms with Crippen LogP contribution in [0.15, 0.2) is 51.8 Å². The molecule has 1 aliphatic heterocycles. The van der Waals surface area contributed by atoms with Crippen LogP contribution in [0, 0.1) is 10.1 Å². The minimum Gasteiger partial charge on any atom is -0.370 e. The molecule has 2 aromatic carbocycles. The highest BCUT2D eigenvalue weighted by Gasteiger charge is 2.27. The Morgan fingerprint density at radius 1 is 1.23 bits per heavy atom. The van der Waals surface area contributed by atoms with Crippen LogP contribution in [0.2, 0.25) is 0 Å². The van der Waals surface area contributed by atoms with Gasteiger partial charge in [0.15, 0.2) is 9.84 Å². The Kier molecular flexibility index (Phi) is 5.31. The first kappa shape index (κ1) is 18.8. The van der Waals surface area contributed by atoms with E-state index in [1.165, 1.54) is 12.1 Å². The van der Waals surface area contributed by atoms with Gasteiger partial charge in [-0.2, -0.15) is 0 Å². The number of nitro benzene ring substituents is 1. The zero-order valence-electron chi connectivity index (χ0n) is 14.0. The number of non-ortho nitro benzene ring substituents is 1. The molecule has 1 unspecified atom stereocenters. The van der Waals surface area contributed by atoms with Crippen molar-refractivity contribution in [2.24, 2.45) is 0 Å². The van der Waals surface area contributed by atoms with Gasteiger partial charge in [-0.25, -0.2) is 8.42 Å². The number of nitro groups is 1. The monoisotopic (exact) mass is 440 g/mol. The van der Waals surface area contributed by atoms with E-state index in [-0.39, 0.29) is 16.7 Å². The molecule has 2 aromatic rings. The number of sulfone groups is 1. The number of morpholine rings is 1. The van der Waals surface area contributed by atoms with Crippen LogP contribution in [-0.4, -0.2) is 39.3 Å². The summed E-state index contributed by atoms with van der Waals surface area (Å²) in [6.45, 7) is 1.40. The summed E-state index contributed by atoms with van der Waals surface area (Å²) < 4.78 is 31.1. The molecule has 0 spiro atoms. The number of hydrogen-bond donors (Lipinski definition) is 0. The predicted octanol–water partition coefficient (Wildman–Crippen LogP) is 3.34. The molecule has 0 N–H and O–H groups in total. The third-order valence-corrected chi connectivity index (χ3v) is 5.86. The normalized spacial score (nSPS) is 17.9. The third-order valence-electron chi connectivity index (χ3n) is 4.20. The molecule has 7 nitrogen and oxygen atoms in total. The second-order valence-electron chi connectivity index (χ2n) is 6.04. The molecule has 9 heteroatoms. The van der Waals surface area contributed by atoms with Crippen LogP contribution in [-0.2, 0) is 14.6 Å². The summed E-state index contributed by atoms with van der Waals surface area (Å²) in [6, 6.07) is 11.7. The Labute approximate surface area is 159 Å². The fourth-order valence-corrected chi connectivity index (χ4v) is 4.10. The van der Waals surface area contributed by atoms with Gasteiger partial charge in [-0.05, 0) is 23.8 Å². The van der Waals surface area contributed by atoms with E-state index in [0.29, 0.717) is 25.4 Å². The van der Waals surface area contributed by atoms with Crippen LogP contribution in [0.1, 0.15) is 11.7 Å². The summed E-state index contributed by atoms with van der Waals surface area (Å²) in [5, 5.41) is 11.0. The van der Waals surface area contributed by atoms with Gasteiger partial charge in [-0.15, -0.1) is 0 Å². The van der Waals surface area contributed by atoms with Gasteiger partial charge in [-0.3, -0.25) is 10.1 Å². The number of ether oxygens (including phenoxy) is 1. The van der Waals surface area contributed by atoms with Crippen molar-refractivity contribution in [1.29, 1.82) is 0 Å². The maximum Gasteiger partial charge on any atom is 0.270 e. The fraction of sp³-hybridized carbons (Fsp3) is 0.294. The molecule has 0 radical (unpaired) electrons. The van der Waals surface area contributed by atoms with E-state index < -0.39 is 14.8 Å². The number of hydrogen-bond acceptors (Lipinski definition) is 6. The average molecular weight is 441 g/mol. The highest BCUT2D eigenvalue weighted by molar-refractivity contribution is 9.10. The first-order valence-corrected chi connectivity index (χ1v) is 10.5. The molecule has 0 bridgehead atoms. The van der Waals surface area contributed by atoms with Gasteiger partial charge in [0.1, 0.15) is 6.10 Å². The van der Waals surface area contributed by atoms with E-state index in [1.54, 1.807) is 0 Å². The molecule has 1 atom stereocenters. The minimum absolute atomic E-state index is 0.0387. The number of nitrogens with zero attached hydrogens (tertiary/aromatic N) is 2. The van der Waals surface area contributed by atoms with E-state index in [2.05, 4.69) is 15.9 Å². The van der Waals surface area contributed by atoms with Crippen molar-refractivity contribution >= 4 is 37.1 Å². The lowest BCUT2D eigenvalue weighted by Gasteiger charge is -2.35. The first-order chi connectivity index (χ1) is 12.3. The van der Waals surface area contributed by atoms with Crippen molar-refractivity contribution in [1.82, 2.24) is 0 Å². The summed E-state index contributed by atoms with van der Waals surface area (Å²) in [5.41, 5.74) is 1.20. The zero-order valence-corrected chi connectivity index (χ0v) is 16.4. The lowest BCUT2D eigenvalue weighted by atomic mass is 10.1. The topological polar surface area (TPSA) is 89.8 Å². The third kappa shape index (κ3) is 4.05. The number of rotatable bonds is 4. The van der Waals surface area contributed by atoms with Gasteiger partial charge >= 0.3 is 0 Å². The maximum absolute atomic E-state index is 12.2. The molecule has 1 aliphatic rings. The molecule has 1 saturated heterocycles. The van der Waals surface area contributed by atoms with Gasteiger partial charge in [-0.1, -0.05) is 28.1 Å². The van der Waals surface area contributed by atoms with Gasteiger partial charge in [0, 0.05) is 36.0 Å². The van der Waals surface area contributed by atoms with E-state index in [1.807, 2.05) is 29.2 Å². The molecule has 138 valence electrons. The Hall–Kier alpha value is -1.97. The number of halogens is 1. The molecule has 1 fully saturated rings. The second kappa shape index (κ2) is 7.34. The average Bonchev–Trinajstić information content (AvgIpc) is 2.61. The van der Waals surface area contributed by atoms with E-state index in [0.717, 1.165) is 22.4 Å². The van der Waals surface area contributed by atoms with E-state index >= 15 is 0 Å². The highest BCUT2D eigenvalue weighted by atomic mass is 79.9. The van der Waals surface area contributed by atoms with Crippen LogP contribution >= 0.6 is 15.9 Å². The van der Waals surface area contributed by atoms with Crippen LogP contribution < -0.4 is 4.90 Å². The maximum atomic E-state index is 12.2. The molecule has 0 aliphatic carbocycles. The Morgan fingerprint density at radius 3 is 2.54 bits per heavy atom. The van der Waals surface area contributed by atoms with Crippen LogP contribution in [0.5, 0.6) is 0 Å². The predicted molar refractivity (Wildman–Crippen MR) is 101 cm³/mol. The summed E-state index contributed by atoms with van der Waals surface area (Å²) in [4.78, 5) is 12.3. The molecular formula is C17H17BrN2O5S. The van der Waals surface area contributed by atoms with Gasteiger partial charge in [0.25, 0.3) is 5.69 Å². The summed E-state index contributed by atoms with van der Waals surface area (Å²) in [5.74, 6) is 0. The molecule has 0 amide bonds. The number of benzene rings is 2. The zero-order chi connectivity index (χ0) is 18.9. The Balaban J connectivity index is 1.95. The molecular weight excluding hydrogens is 424 g/mol. The largest absolute Gasteiger partial charge is 0.370 e. The molecule has 1 heterocycles. The Morgan fingerprint density at radius 2 is 1.92 bits per heavy atom. The lowest BCUT2D eigenvalue weighted by molar-refractivity contribution is -0.385. The van der Waals surface area contributed by atoms with Crippen LogP contribution in [0.4, 0.5) is 11.4 Å². The van der Waals surface area contributed by atoms with E-state index in [4.69, 9.17) is 4.74 Å². The van der Waals surface area contributed by atoms with Gasteiger partial charge in [0.2, 0.25) is 0 Å². The van der Waals surface area contributed by atoms with Crippen molar-refractivity contribution in [3.8, 4) is 0 Å². The number of anilines is 1. The lowest BCUT2D eigenvalue weighted by Crippen LogP contribution is -2.39. The van der Waals surface area contributed by atoms with Gasteiger partial charge in [0.05, 0.1) is 22.1 Å². The SMILES string of the molecule is CS(=O)(=O)c1cc([N+](=O)[O-])ccc1N1CCOC(c2ccc(Br)cc2)C1. The summed E-state index contributed by atoms with van der Waals surface area (Å²) >= 11 is 3.39. The smallest absolute Gasteiger partial charge is 0.270 e. The highest BCUT2D eigenvalue weighted by Crippen LogP contribution is 2.33. The summed E-state index contributed by atoms with van der Waals surface area (Å²) in [6.07, 6.45) is 0.849. The quantitative estimate of drug-likeness (QED) is 0.534. The van der Waals surface area contributed by atoms with Crippen molar-refractivity contribution in [2.75, 3.05) is 30.9 Å².